The van der Waals surface area contributed by atoms with E-state index < -0.39 is 0 Å². The standard InChI is InChI=1S/C31H35N3O5/c1-33(2)30(37)23-14-21-10-12-34(18-26(21)27(16-23)32-24-11-13-39-19-24)31(38)29-22(15-25(35)17-28(29)36)9-8-20-6-4-3-5-7-20/h3-7,14-17,24,32,35-36H,8-13,18-19H2,1-2H3/t24-/m0/s1. The number of ether oxygens (including phenoxy) is 1. The van der Waals surface area contributed by atoms with Gasteiger partial charge in [0.25, 0.3) is 11.8 Å². The number of hydrogen-bond acceptors (Lipinski definition) is 6. The van der Waals surface area contributed by atoms with Gasteiger partial charge in [0.1, 0.15) is 11.5 Å². The van der Waals surface area contributed by atoms with Gasteiger partial charge >= 0.3 is 0 Å². The summed E-state index contributed by atoms with van der Waals surface area (Å²) in [6, 6.07) is 16.7. The van der Waals surface area contributed by atoms with Crippen LogP contribution in [0.3, 0.4) is 0 Å². The first kappa shape index (κ1) is 26.6. The summed E-state index contributed by atoms with van der Waals surface area (Å²) in [6.07, 6.45) is 2.63. The molecule has 8 nitrogen and oxygen atoms in total. The monoisotopic (exact) mass is 529 g/mol. The van der Waals surface area contributed by atoms with Crippen molar-refractivity contribution in [1.82, 2.24) is 9.80 Å². The smallest absolute Gasteiger partial charge is 0.258 e. The van der Waals surface area contributed by atoms with Gasteiger partial charge in [-0.3, -0.25) is 9.59 Å². The normalized spacial score (nSPS) is 16.6. The summed E-state index contributed by atoms with van der Waals surface area (Å²) in [5.41, 5.74) is 5.41. The Labute approximate surface area is 228 Å². The SMILES string of the molecule is CN(C)C(=O)c1cc2c(c(N[C@H]3CCOC3)c1)CN(C(=O)c1c(O)cc(O)cc1CCc1ccccc1)CC2. The lowest BCUT2D eigenvalue weighted by molar-refractivity contribution is 0.0729. The Morgan fingerprint density at radius 3 is 2.59 bits per heavy atom. The minimum atomic E-state index is -0.273. The summed E-state index contributed by atoms with van der Waals surface area (Å²) in [6.45, 7) is 2.08. The van der Waals surface area contributed by atoms with Crippen LogP contribution < -0.4 is 5.32 Å². The van der Waals surface area contributed by atoms with Crippen molar-refractivity contribution in [2.45, 2.75) is 38.3 Å². The van der Waals surface area contributed by atoms with Crippen molar-refractivity contribution >= 4 is 17.5 Å². The van der Waals surface area contributed by atoms with Crippen molar-refractivity contribution in [2.24, 2.45) is 0 Å². The van der Waals surface area contributed by atoms with Crippen LogP contribution in [0.1, 0.15) is 49.4 Å². The van der Waals surface area contributed by atoms with Gasteiger partial charge in [0.15, 0.2) is 0 Å². The molecule has 0 radical (unpaired) electrons. The Morgan fingerprint density at radius 1 is 1.08 bits per heavy atom. The number of phenols is 2. The molecule has 1 saturated heterocycles. The maximum atomic E-state index is 13.9. The maximum Gasteiger partial charge on any atom is 0.258 e. The highest BCUT2D eigenvalue weighted by Crippen LogP contribution is 2.34. The van der Waals surface area contributed by atoms with Gasteiger partial charge in [0.05, 0.1) is 18.2 Å². The third-order valence-corrected chi connectivity index (χ3v) is 7.50. The molecule has 3 aromatic carbocycles. The molecule has 2 aliphatic rings. The maximum absolute atomic E-state index is 13.9. The number of aryl methyl sites for hydroxylation is 2. The van der Waals surface area contributed by atoms with Crippen LogP contribution in [0.15, 0.2) is 54.6 Å². The molecule has 2 amide bonds. The first-order valence-corrected chi connectivity index (χ1v) is 13.4. The average molecular weight is 530 g/mol. The predicted octanol–water partition coefficient (Wildman–Crippen LogP) is 3.98. The van der Waals surface area contributed by atoms with Gasteiger partial charge in [-0.2, -0.15) is 0 Å². The zero-order chi connectivity index (χ0) is 27.5. The van der Waals surface area contributed by atoms with E-state index in [-0.39, 0.29) is 34.9 Å². The molecule has 3 N–H and O–H groups in total. The first-order valence-electron chi connectivity index (χ1n) is 13.4. The summed E-state index contributed by atoms with van der Waals surface area (Å²) in [5, 5.41) is 24.5. The van der Waals surface area contributed by atoms with Gasteiger partial charge in [0, 0.05) is 51.1 Å². The number of carbonyl (C=O) groups is 2. The molecule has 1 fully saturated rings. The van der Waals surface area contributed by atoms with Crippen molar-refractivity contribution in [3.63, 3.8) is 0 Å². The topological polar surface area (TPSA) is 102 Å². The average Bonchev–Trinajstić information content (AvgIpc) is 3.44. The van der Waals surface area contributed by atoms with E-state index in [1.165, 1.54) is 6.07 Å². The number of carbonyl (C=O) groups excluding carboxylic acids is 2. The Morgan fingerprint density at radius 2 is 1.87 bits per heavy atom. The summed E-state index contributed by atoms with van der Waals surface area (Å²) in [5.74, 6) is -0.634. The van der Waals surface area contributed by atoms with Crippen LogP contribution in [0.4, 0.5) is 5.69 Å². The molecule has 0 aliphatic carbocycles. The largest absolute Gasteiger partial charge is 0.508 e. The quantitative estimate of drug-likeness (QED) is 0.428. The first-order chi connectivity index (χ1) is 18.8. The third kappa shape index (κ3) is 5.86. The van der Waals surface area contributed by atoms with Crippen LogP contribution in [0.25, 0.3) is 0 Å². The number of amides is 2. The summed E-state index contributed by atoms with van der Waals surface area (Å²) < 4.78 is 5.55. The number of fused-ring (bicyclic) bond motifs is 1. The van der Waals surface area contributed by atoms with Crippen LogP contribution >= 0.6 is 0 Å². The van der Waals surface area contributed by atoms with Crippen molar-refractivity contribution < 1.29 is 24.5 Å². The molecule has 5 rings (SSSR count). The van der Waals surface area contributed by atoms with E-state index in [9.17, 15) is 19.8 Å². The summed E-state index contributed by atoms with van der Waals surface area (Å²) >= 11 is 0. The van der Waals surface area contributed by atoms with E-state index in [1.54, 1.807) is 30.0 Å². The molecular formula is C31H35N3O5. The van der Waals surface area contributed by atoms with Crippen LogP contribution in [0, 0.1) is 0 Å². The lowest BCUT2D eigenvalue weighted by Crippen LogP contribution is -2.37. The van der Waals surface area contributed by atoms with E-state index in [2.05, 4.69) is 5.32 Å². The fourth-order valence-corrected chi connectivity index (χ4v) is 5.41. The molecule has 1 atom stereocenters. The summed E-state index contributed by atoms with van der Waals surface area (Å²) in [4.78, 5) is 30.0. The number of phenolic OH excluding ortho intramolecular Hbond substituents is 2. The van der Waals surface area contributed by atoms with Crippen LogP contribution in [0.2, 0.25) is 0 Å². The lowest BCUT2D eigenvalue weighted by atomic mass is 9.93. The molecule has 2 aliphatic heterocycles. The number of hydrogen-bond donors (Lipinski definition) is 3. The van der Waals surface area contributed by atoms with Gasteiger partial charge in [0.2, 0.25) is 0 Å². The Hall–Kier alpha value is -4.04. The molecule has 0 aromatic heterocycles. The number of benzene rings is 3. The van der Waals surface area contributed by atoms with E-state index in [4.69, 9.17) is 4.74 Å². The van der Waals surface area contributed by atoms with Crippen LogP contribution in [0.5, 0.6) is 11.5 Å². The number of nitrogens with one attached hydrogen (secondary N) is 1. The molecule has 39 heavy (non-hydrogen) atoms. The van der Waals surface area contributed by atoms with Crippen molar-refractivity contribution in [3.8, 4) is 11.5 Å². The molecule has 0 saturated carbocycles. The molecule has 204 valence electrons. The minimum Gasteiger partial charge on any atom is -0.508 e. The van der Waals surface area contributed by atoms with Gasteiger partial charge in [-0.15, -0.1) is 0 Å². The van der Waals surface area contributed by atoms with Crippen molar-refractivity contribution in [1.29, 1.82) is 0 Å². The van der Waals surface area contributed by atoms with Crippen molar-refractivity contribution in [2.75, 3.05) is 39.2 Å². The highest BCUT2D eigenvalue weighted by Gasteiger charge is 2.29. The van der Waals surface area contributed by atoms with Crippen LogP contribution in [-0.2, 0) is 30.5 Å². The number of nitrogens with zero attached hydrogens (tertiary/aromatic N) is 2. The van der Waals surface area contributed by atoms with E-state index in [0.29, 0.717) is 56.7 Å². The van der Waals surface area contributed by atoms with Gasteiger partial charge in [-0.25, -0.2) is 0 Å². The third-order valence-electron chi connectivity index (χ3n) is 7.50. The van der Waals surface area contributed by atoms with E-state index in [0.717, 1.165) is 28.8 Å². The second-order valence-electron chi connectivity index (χ2n) is 10.5. The number of aromatic hydroxyl groups is 2. The van der Waals surface area contributed by atoms with E-state index >= 15 is 0 Å². The molecule has 0 spiro atoms. The minimum absolute atomic E-state index is 0.0699. The van der Waals surface area contributed by atoms with Crippen molar-refractivity contribution in [3.05, 3.63) is 88.0 Å². The van der Waals surface area contributed by atoms with Gasteiger partial charge in [-0.05, 0) is 66.1 Å². The highest BCUT2D eigenvalue weighted by molar-refractivity contribution is 5.99. The zero-order valence-corrected chi connectivity index (χ0v) is 22.4. The Bertz CT molecular complexity index is 1370. The Kier molecular flexibility index (Phi) is 7.74. The summed E-state index contributed by atoms with van der Waals surface area (Å²) in [7, 11) is 3.47. The number of anilines is 1. The fraction of sp³-hybridized carbons (Fsp3) is 0.355. The highest BCUT2D eigenvalue weighted by atomic mass is 16.5. The zero-order valence-electron chi connectivity index (χ0n) is 22.4. The predicted molar refractivity (Wildman–Crippen MR) is 149 cm³/mol. The van der Waals surface area contributed by atoms with Gasteiger partial charge in [-0.1, -0.05) is 30.3 Å². The van der Waals surface area contributed by atoms with E-state index in [1.807, 2.05) is 42.5 Å². The van der Waals surface area contributed by atoms with Crippen LogP contribution in [-0.4, -0.2) is 71.7 Å². The second kappa shape index (κ2) is 11.4. The molecule has 0 bridgehead atoms. The molecule has 2 heterocycles. The van der Waals surface area contributed by atoms with Gasteiger partial charge < -0.3 is 30.1 Å². The molecular weight excluding hydrogens is 494 g/mol. The molecule has 8 heteroatoms. The Balaban J connectivity index is 1.44. The molecule has 3 aromatic rings. The number of rotatable bonds is 7. The fourth-order valence-electron chi connectivity index (χ4n) is 5.41. The lowest BCUT2D eigenvalue weighted by Gasteiger charge is -2.32. The second-order valence-corrected chi connectivity index (χ2v) is 10.5. The molecule has 0 unspecified atom stereocenters.